The van der Waals surface area contributed by atoms with Crippen LogP contribution in [0.3, 0.4) is 0 Å². The summed E-state index contributed by atoms with van der Waals surface area (Å²) in [6, 6.07) is 15.8. The number of benzene rings is 2. The zero-order valence-electron chi connectivity index (χ0n) is 18.0. The van der Waals surface area contributed by atoms with Crippen LogP contribution >= 0.6 is 15.9 Å². The van der Waals surface area contributed by atoms with E-state index in [1.54, 1.807) is 6.08 Å². The first-order valence-corrected chi connectivity index (χ1v) is 11.8. The first kappa shape index (κ1) is 22.6. The topological polar surface area (TPSA) is 61.9 Å². The van der Waals surface area contributed by atoms with E-state index in [4.69, 9.17) is 4.74 Å². The van der Waals surface area contributed by atoms with E-state index in [1.807, 2.05) is 59.5 Å². The molecular formula is C25H28BrN3O3. The Morgan fingerprint density at radius 3 is 2.44 bits per heavy atom. The zero-order valence-corrected chi connectivity index (χ0v) is 19.6. The Balaban J connectivity index is 1.33. The number of carbonyl (C=O) groups is 2. The van der Waals surface area contributed by atoms with Crippen LogP contribution in [0, 0.1) is 5.92 Å². The smallest absolute Gasteiger partial charge is 0.246 e. The number of likely N-dealkylation sites (tertiary alicyclic amines) is 1. The monoisotopic (exact) mass is 497 g/mol. The van der Waals surface area contributed by atoms with Crippen molar-refractivity contribution in [3.8, 4) is 0 Å². The summed E-state index contributed by atoms with van der Waals surface area (Å²) in [7, 11) is 0. The molecule has 2 fully saturated rings. The quantitative estimate of drug-likeness (QED) is 0.629. The van der Waals surface area contributed by atoms with Crippen LogP contribution in [0.4, 0.5) is 11.4 Å². The lowest BCUT2D eigenvalue weighted by Gasteiger charge is -2.32. The molecule has 2 aromatic rings. The highest BCUT2D eigenvalue weighted by atomic mass is 79.9. The highest BCUT2D eigenvalue weighted by molar-refractivity contribution is 9.10. The summed E-state index contributed by atoms with van der Waals surface area (Å²) in [5.41, 5.74) is 2.83. The molecule has 2 saturated heterocycles. The average Bonchev–Trinajstić information content (AvgIpc) is 2.84. The number of carbonyl (C=O) groups excluding carboxylic acids is 2. The van der Waals surface area contributed by atoms with Crippen molar-refractivity contribution in [1.82, 2.24) is 4.90 Å². The van der Waals surface area contributed by atoms with E-state index in [1.165, 1.54) is 0 Å². The number of anilines is 2. The van der Waals surface area contributed by atoms with Gasteiger partial charge in [0.25, 0.3) is 0 Å². The van der Waals surface area contributed by atoms with Gasteiger partial charge < -0.3 is 19.9 Å². The highest BCUT2D eigenvalue weighted by Crippen LogP contribution is 2.31. The number of nitrogens with zero attached hydrogens (tertiary/aromatic N) is 2. The van der Waals surface area contributed by atoms with Crippen molar-refractivity contribution in [1.29, 1.82) is 0 Å². The van der Waals surface area contributed by atoms with Gasteiger partial charge in [0.05, 0.1) is 24.6 Å². The normalized spacial score (nSPS) is 17.5. The Hall–Kier alpha value is -2.64. The second-order valence-corrected chi connectivity index (χ2v) is 9.01. The fourth-order valence-electron chi connectivity index (χ4n) is 4.12. The van der Waals surface area contributed by atoms with Gasteiger partial charge in [0, 0.05) is 42.6 Å². The van der Waals surface area contributed by atoms with Crippen molar-refractivity contribution in [2.75, 3.05) is 49.6 Å². The van der Waals surface area contributed by atoms with Crippen molar-refractivity contribution >= 4 is 45.2 Å². The molecule has 2 aliphatic heterocycles. The summed E-state index contributed by atoms with van der Waals surface area (Å²) in [4.78, 5) is 29.6. The number of rotatable bonds is 5. The van der Waals surface area contributed by atoms with Crippen LogP contribution in [0.1, 0.15) is 18.4 Å². The molecule has 1 N–H and O–H groups in total. The standard InChI is InChI=1S/C25H28BrN3O3/c26-21-7-8-23(28-14-16-32-17-15-28)22(18-21)27-25(31)20-10-12-29(13-11-20)24(30)9-6-19-4-2-1-3-5-19/h1-9,18,20H,10-17H2,(H,27,31)/b9-6+. The second-order valence-electron chi connectivity index (χ2n) is 8.09. The highest BCUT2D eigenvalue weighted by Gasteiger charge is 2.27. The van der Waals surface area contributed by atoms with Gasteiger partial charge in [-0.2, -0.15) is 0 Å². The van der Waals surface area contributed by atoms with Crippen molar-refractivity contribution in [2.24, 2.45) is 5.92 Å². The largest absolute Gasteiger partial charge is 0.378 e. The first-order chi connectivity index (χ1) is 15.6. The van der Waals surface area contributed by atoms with E-state index < -0.39 is 0 Å². The van der Waals surface area contributed by atoms with Gasteiger partial charge in [-0.25, -0.2) is 0 Å². The zero-order chi connectivity index (χ0) is 22.3. The molecule has 0 unspecified atom stereocenters. The third kappa shape index (κ3) is 5.78. The van der Waals surface area contributed by atoms with E-state index in [0.717, 1.165) is 34.5 Å². The minimum Gasteiger partial charge on any atom is -0.378 e. The average molecular weight is 498 g/mol. The predicted molar refractivity (Wildman–Crippen MR) is 131 cm³/mol. The summed E-state index contributed by atoms with van der Waals surface area (Å²) in [6.45, 7) is 4.17. The molecule has 2 aromatic carbocycles. The molecule has 168 valence electrons. The Bertz CT molecular complexity index is 966. The van der Waals surface area contributed by atoms with Crippen molar-refractivity contribution in [3.63, 3.8) is 0 Å². The fourth-order valence-corrected chi connectivity index (χ4v) is 4.48. The number of hydrogen-bond donors (Lipinski definition) is 1. The molecule has 4 rings (SSSR count). The lowest BCUT2D eigenvalue weighted by molar-refractivity contribution is -0.130. The third-order valence-electron chi connectivity index (χ3n) is 5.96. The van der Waals surface area contributed by atoms with Crippen LogP contribution in [0.15, 0.2) is 59.1 Å². The molecule has 0 aliphatic carbocycles. The van der Waals surface area contributed by atoms with Crippen LogP contribution in [-0.4, -0.2) is 56.1 Å². The summed E-state index contributed by atoms with van der Waals surface area (Å²) in [5.74, 6) is -0.0903. The minimum atomic E-state index is -0.103. The van der Waals surface area contributed by atoms with Crippen LogP contribution in [0.5, 0.6) is 0 Å². The van der Waals surface area contributed by atoms with Gasteiger partial charge in [0.15, 0.2) is 0 Å². The molecule has 0 saturated carbocycles. The molecular weight excluding hydrogens is 470 g/mol. The SMILES string of the molecule is O=C(Nc1cc(Br)ccc1N1CCOCC1)C1CCN(C(=O)/C=C/c2ccccc2)CC1. The molecule has 0 aromatic heterocycles. The molecule has 6 nitrogen and oxygen atoms in total. The fraction of sp³-hybridized carbons (Fsp3) is 0.360. The van der Waals surface area contributed by atoms with Crippen LogP contribution < -0.4 is 10.2 Å². The Kier molecular flexibility index (Phi) is 7.60. The van der Waals surface area contributed by atoms with Gasteiger partial charge in [-0.15, -0.1) is 0 Å². The van der Waals surface area contributed by atoms with E-state index in [-0.39, 0.29) is 17.7 Å². The first-order valence-electron chi connectivity index (χ1n) is 11.1. The molecule has 2 heterocycles. The van der Waals surface area contributed by atoms with E-state index in [0.29, 0.717) is 39.1 Å². The number of hydrogen-bond acceptors (Lipinski definition) is 4. The molecule has 0 spiro atoms. The molecule has 32 heavy (non-hydrogen) atoms. The number of morpholine rings is 1. The van der Waals surface area contributed by atoms with Crippen LogP contribution in [0.25, 0.3) is 6.08 Å². The maximum absolute atomic E-state index is 13.0. The molecule has 2 amide bonds. The van der Waals surface area contributed by atoms with Crippen molar-refractivity contribution in [2.45, 2.75) is 12.8 Å². The maximum Gasteiger partial charge on any atom is 0.246 e. The predicted octanol–water partition coefficient (Wildman–Crippen LogP) is 4.18. The summed E-state index contributed by atoms with van der Waals surface area (Å²) < 4.78 is 6.38. The van der Waals surface area contributed by atoms with Gasteiger partial charge in [-0.05, 0) is 42.7 Å². The lowest BCUT2D eigenvalue weighted by atomic mass is 9.95. The van der Waals surface area contributed by atoms with Crippen LogP contribution in [0.2, 0.25) is 0 Å². The summed E-state index contributed by atoms with van der Waals surface area (Å²) in [6.07, 6.45) is 4.78. The Morgan fingerprint density at radius 1 is 1.00 bits per heavy atom. The van der Waals surface area contributed by atoms with Gasteiger partial charge in [0.2, 0.25) is 11.8 Å². The number of halogens is 1. The number of amides is 2. The second kappa shape index (κ2) is 10.8. The number of ether oxygens (including phenoxy) is 1. The number of piperidine rings is 1. The van der Waals surface area contributed by atoms with E-state index >= 15 is 0 Å². The third-order valence-corrected chi connectivity index (χ3v) is 6.46. The van der Waals surface area contributed by atoms with Gasteiger partial charge in [0.1, 0.15) is 0 Å². The Labute approximate surface area is 197 Å². The van der Waals surface area contributed by atoms with Gasteiger partial charge in [-0.1, -0.05) is 46.3 Å². The van der Waals surface area contributed by atoms with E-state index in [9.17, 15) is 9.59 Å². The molecule has 2 aliphatic rings. The minimum absolute atomic E-state index is 0.00527. The van der Waals surface area contributed by atoms with Crippen LogP contribution in [-0.2, 0) is 14.3 Å². The van der Waals surface area contributed by atoms with Crippen molar-refractivity contribution < 1.29 is 14.3 Å². The Morgan fingerprint density at radius 2 is 1.72 bits per heavy atom. The van der Waals surface area contributed by atoms with Gasteiger partial charge in [-0.3, -0.25) is 9.59 Å². The molecule has 0 atom stereocenters. The van der Waals surface area contributed by atoms with Crippen molar-refractivity contribution in [3.05, 3.63) is 64.6 Å². The summed E-state index contributed by atoms with van der Waals surface area (Å²) in [5, 5.41) is 3.14. The summed E-state index contributed by atoms with van der Waals surface area (Å²) >= 11 is 3.52. The molecule has 0 bridgehead atoms. The molecule has 0 radical (unpaired) electrons. The maximum atomic E-state index is 13.0. The van der Waals surface area contributed by atoms with Gasteiger partial charge >= 0.3 is 0 Å². The molecule has 7 heteroatoms. The lowest BCUT2D eigenvalue weighted by Crippen LogP contribution is -2.41. The number of nitrogens with one attached hydrogen (secondary N) is 1. The van der Waals surface area contributed by atoms with E-state index in [2.05, 4.69) is 26.1 Å².